The summed E-state index contributed by atoms with van der Waals surface area (Å²) in [5, 5.41) is 7.01. The number of hydrogen-bond donors (Lipinski definition) is 2. The van der Waals surface area contributed by atoms with E-state index in [9.17, 15) is 0 Å². The molecule has 0 spiro atoms. The molecule has 0 rings (SSSR count). The Morgan fingerprint density at radius 2 is 1.82 bits per heavy atom. The largest absolute Gasteiger partial charge is 0.388 e. The first-order chi connectivity index (χ1) is 4.92. The highest BCUT2D eigenvalue weighted by atomic mass is 14.7. The van der Waals surface area contributed by atoms with Crippen LogP contribution < -0.4 is 5.73 Å². The molecule has 0 aromatic rings. The molecule has 2 heteroatoms. The van der Waals surface area contributed by atoms with Gasteiger partial charge in [0.1, 0.15) is 0 Å². The van der Waals surface area contributed by atoms with Crippen LogP contribution in [0.25, 0.3) is 0 Å². The number of nitrogens with one attached hydrogen (secondary N) is 1. The number of hydrogen-bond acceptors (Lipinski definition) is 1. The van der Waals surface area contributed by atoms with E-state index < -0.39 is 0 Å². The molecule has 0 aromatic heterocycles. The summed E-state index contributed by atoms with van der Waals surface area (Å²) >= 11 is 0. The normalized spacial score (nSPS) is 11.5. The highest BCUT2D eigenvalue weighted by Crippen LogP contribution is 2.21. The number of nitrogens with two attached hydrogens (primary N) is 1. The van der Waals surface area contributed by atoms with Gasteiger partial charge in [-0.15, -0.1) is 0 Å². The summed E-state index contributed by atoms with van der Waals surface area (Å²) in [4.78, 5) is 0. The Hall–Kier alpha value is -0.530. The van der Waals surface area contributed by atoms with Crippen LogP contribution in [0.5, 0.6) is 0 Å². The van der Waals surface area contributed by atoms with Crippen LogP contribution in [0.2, 0.25) is 0 Å². The van der Waals surface area contributed by atoms with Crippen molar-refractivity contribution in [1.82, 2.24) is 0 Å². The molecule has 2 nitrogen and oxygen atoms in total. The molecule has 0 unspecified atom stereocenters. The lowest BCUT2D eigenvalue weighted by atomic mass is 9.89. The first kappa shape index (κ1) is 10.5. The molecule has 0 aliphatic heterocycles. The summed E-state index contributed by atoms with van der Waals surface area (Å²) in [6, 6.07) is 0. The SMILES string of the molecule is CC(C)(C)CCCCC(=N)N. The van der Waals surface area contributed by atoms with Crippen molar-refractivity contribution in [2.75, 3.05) is 0 Å². The van der Waals surface area contributed by atoms with Gasteiger partial charge in [-0.2, -0.15) is 0 Å². The molecule has 0 atom stereocenters. The van der Waals surface area contributed by atoms with Crippen LogP contribution in [-0.4, -0.2) is 5.84 Å². The molecule has 0 saturated carbocycles. The molecule has 0 aromatic carbocycles. The van der Waals surface area contributed by atoms with Crippen LogP contribution >= 0.6 is 0 Å². The zero-order valence-corrected chi connectivity index (χ0v) is 7.91. The highest BCUT2D eigenvalue weighted by Gasteiger charge is 2.08. The zero-order valence-electron chi connectivity index (χ0n) is 7.91. The monoisotopic (exact) mass is 156 g/mol. The molecular formula is C9H20N2. The third kappa shape index (κ3) is 9.47. The van der Waals surface area contributed by atoms with Gasteiger partial charge in [0.2, 0.25) is 0 Å². The summed E-state index contributed by atoms with van der Waals surface area (Å²) in [6.07, 6.45) is 4.23. The van der Waals surface area contributed by atoms with Crippen molar-refractivity contribution in [3.05, 3.63) is 0 Å². The van der Waals surface area contributed by atoms with Crippen molar-refractivity contribution in [1.29, 1.82) is 5.41 Å². The van der Waals surface area contributed by atoms with Crippen LogP contribution in [0, 0.1) is 10.8 Å². The molecule has 0 amide bonds. The average molecular weight is 156 g/mol. The zero-order chi connectivity index (χ0) is 8.91. The van der Waals surface area contributed by atoms with Gasteiger partial charge >= 0.3 is 0 Å². The molecule has 0 heterocycles. The minimum atomic E-state index is 0.318. The highest BCUT2D eigenvalue weighted by molar-refractivity contribution is 5.76. The van der Waals surface area contributed by atoms with Crippen LogP contribution in [0.3, 0.4) is 0 Å². The lowest BCUT2D eigenvalue weighted by Crippen LogP contribution is -2.10. The van der Waals surface area contributed by atoms with Crippen molar-refractivity contribution in [2.45, 2.75) is 46.5 Å². The number of unbranched alkanes of at least 4 members (excludes halogenated alkanes) is 1. The second-order valence-electron chi connectivity index (χ2n) is 4.29. The van der Waals surface area contributed by atoms with Gasteiger partial charge in [-0.1, -0.05) is 27.2 Å². The second kappa shape index (κ2) is 4.37. The van der Waals surface area contributed by atoms with Gasteiger partial charge in [-0.3, -0.25) is 5.41 Å². The van der Waals surface area contributed by atoms with E-state index in [-0.39, 0.29) is 0 Å². The molecule has 3 N–H and O–H groups in total. The van der Waals surface area contributed by atoms with E-state index in [1.165, 1.54) is 12.8 Å². The molecule has 0 bridgehead atoms. The van der Waals surface area contributed by atoms with Crippen LogP contribution in [-0.2, 0) is 0 Å². The number of rotatable bonds is 4. The van der Waals surface area contributed by atoms with E-state index in [1.807, 2.05) is 0 Å². The fraction of sp³-hybridized carbons (Fsp3) is 0.889. The standard InChI is InChI=1S/C9H20N2/c1-9(2,3)7-5-4-6-8(10)11/h4-7H2,1-3H3,(H3,10,11). The Morgan fingerprint density at radius 1 is 1.27 bits per heavy atom. The van der Waals surface area contributed by atoms with Crippen molar-refractivity contribution < 1.29 is 0 Å². The topological polar surface area (TPSA) is 49.9 Å². The molecule has 66 valence electrons. The Labute approximate surface area is 69.7 Å². The van der Waals surface area contributed by atoms with E-state index in [0.717, 1.165) is 12.8 Å². The number of amidine groups is 1. The Balaban J connectivity index is 3.22. The Bertz CT molecular complexity index is 122. The minimum absolute atomic E-state index is 0.318. The van der Waals surface area contributed by atoms with E-state index >= 15 is 0 Å². The van der Waals surface area contributed by atoms with E-state index in [0.29, 0.717) is 11.3 Å². The van der Waals surface area contributed by atoms with E-state index in [4.69, 9.17) is 11.1 Å². The molecular weight excluding hydrogens is 136 g/mol. The second-order valence-corrected chi connectivity index (χ2v) is 4.29. The quantitative estimate of drug-likeness (QED) is 0.367. The summed E-state index contributed by atoms with van der Waals surface area (Å²) < 4.78 is 0. The summed E-state index contributed by atoms with van der Waals surface area (Å²) in [6.45, 7) is 6.71. The average Bonchev–Trinajstić information content (AvgIpc) is 1.78. The van der Waals surface area contributed by atoms with Gasteiger partial charge in [-0.25, -0.2) is 0 Å². The van der Waals surface area contributed by atoms with Crippen molar-refractivity contribution in [2.24, 2.45) is 11.1 Å². The maximum atomic E-state index is 7.01. The lowest BCUT2D eigenvalue weighted by Gasteiger charge is -2.17. The first-order valence-corrected chi connectivity index (χ1v) is 4.25. The summed E-state index contributed by atoms with van der Waals surface area (Å²) in [5.74, 6) is 0.318. The fourth-order valence-corrected chi connectivity index (χ4v) is 0.971. The predicted octanol–water partition coefficient (Wildman–Crippen LogP) is 2.53. The smallest absolute Gasteiger partial charge is 0.0905 e. The maximum Gasteiger partial charge on any atom is 0.0905 e. The van der Waals surface area contributed by atoms with Crippen LogP contribution in [0.15, 0.2) is 0 Å². The Morgan fingerprint density at radius 3 is 2.18 bits per heavy atom. The van der Waals surface area contributed by atoms with Crippen LogP contribution in [0.1, 0.15) is 46.5 Å². The third-order valence-corrected chi connectivity index (χ3v) is 1.62. The molecule has 0 saturated heterocycles. The van der Waals surface area contributed by atoms with Gasteiger partial charge in [0.25, 0.3) is 0 Å². The summed E-state index contributed by atoms with van der Waals surface area (Å²) in [7, 11) is 0. The first-order valence-electron chi connectivity index (χ1n) is 4.25. The summed E-state index contributed by atoms with van der Waals surface area (Å²) in [5.41, 5.74) is 5.65. The van der Waals surface area contributed by atoms with Gasteiger partial charge in [-0.05, 0) is 18.3 Å². The third-order valence-electron chi connectivity index (χ3n) is 1.62. The van der Waals surface area contributed by atoms with E-state index in [2.05, 4.69) is 20.8 Å². The van der Waals surface area contributed by atoms with Gasteiger partial charge in [0, 0.05) is 6.42 Å². The van der Waals surface area contributed by atoms with Gasteiger partial charge in [0.15, 0.2) is 0 Å². The van der Waals surface area contributed by atoms with Gasteiger partial charge in [0.05, 0.1) is 5.84 Å². The predicted molar refractivity (Wildman–Crippen MR) is 49.8 cm³/mol. The molecule has 11 heavy (non-hydrogen) atoms. The van der Waals surface area contributed by atoms with Crippen molar-refractivity contribution >= 4 is 5.84 Å². The molecule has 0 radical (unpaired) electrons. The Kier molecular flexibility index (Phi) is 4.16. The van der Waals surface area contributed by atoms with Crippen LogP contribution in [0.4, 0.5) is 0 Å². The molecule has 0 aliphatic rings. The van der Waals surface area contributed by atoms with Gasteiger partial charge < -0.3 is 5.73 Å². The minimum Gasteiger partial charge on any atom is -0.388 e. The van der Waals surface area contributed by atoms with E-state index in [1.54, 1.807) is 0 Å². The molecule has 0 aliphatic carbocycles. The fourth-order valence-electron chi connectivity index (χ4n) is 0.971. The van der Waals surface area contributed by atoms with Crippen molar-refractivity contribution in [3.63, 3.8) is 0 Å². The maximum absolute atomic E-state index is 7.01. The lowest BCUT2D eigenvalue weighted by molar-refractivity contribution is 0.361. The van der Waals surface area contributed by atoms with Crippen molar-refractivity contribution in [3.8, 4) is 0 Å². The molecule has 0 fully saturated rings.